The summed E-state index contributed by atoms with van der Waals surface area (Å²) in [5, 5.41) is 10.8. The highest BCUT2D eigenvalue weighted by atomic mass is 16.6. The summed E-state index contributed by atoms with van der Waals surface area (Å²) in [6.45, 7) is 0. The summed E-state index contributed by atoms with van der Waals surface area (Å²) >= 11 is 0. The van der Waals surface area contributed by atoms with Gasteiger partial charge >= 0.3 is 0 Å². The summed E-state index contributed by atoms with van der Waals surface area (Å²) in [5.74, 6) is -0.256. The van der Waals surface area contributed by atoms with Crippen LogP contribution in [0, 0.1) is 10.1 Å². The van der Waals surface area contributed by atoms with Crippen molar-refractivity contribution in [1.82, 2.24) is 9.97 Å². The second kappa shape index (κ2) is 3.99. The summed E-state index contributed by atoms with van der Waals surface area (Å²) in [6.07, 6.45) is 0. The SMILES string of the molecule is CN(C)c1nc2c(C(N)=O)cc([N+](=O)[O-])cc2[nH]1. The summed E-state index contributed by atoms with van der Waals surface area (Å²) in [4.78, 5) is 30.2. The van der Waals surface area contributed by atoms with Crippen molar-refractivity contribution in [3.63, 3.8) is 0 Å². The van der Waals surface area contributed by atoms with Gasteiger partial charge in [0, 0.05) is 26.2 Å². The minimum absolute atomic E-state index is 0.0311. The number of amides is 1. The minimum atomic E-state index is -0.750. The van der Waals surface area contributed by atoms with E-state index in [1.165, 1.54) is 6.07 Å². The van der Waals surface area contributed by atoms with Crippen LogP contribution in [-0.4, -0.2) is 34.9 Å². The maximum Gasteiger partial charge on any atom is 0.272 e. The number of primary amides is 1. The van der Waals surface area contributed by atoms with Crippen LogP contribution in [0.15, 0.2) is 12.1 Å². The molecule has 0 aliphatic heterocycles. The van der Waals surface area contributed by atoms with Crippen LogP contribution in [0.25, 0.3) is 11.0 Å². The molecule has 8 nitrogen and oxygen atoms in total. The standard InChI is InChI=1S/C10H11N5O3/c1-14(2)10-12-7-4-5(15(17)18)3-6(9(11)16)8(7)13-10/h3-4H,1-2H3,(H2,11,16)(H,12,13). The number of aromatic amines is 1. The fraction of sp³-hybridized carbons (Fsp3) is 0.200. The van der Waals surface area contributed by atoms with Crippen LogP contribution in [0.2, 0.25) is 0 Å². The number of carbonyl (C=O) groups excluding carboxylic acids is 1. The smallest absolute Gasteiger partial charge is 0.272 e. The quantitative estimate of drug-likeness (QED) is 0.611. The molecule has 0 atom stereocenters. The number of anilines is 1. The van der Waals surface area contributed by atoms with Gasteiger partial charge in [-0.3, -0.25) is 14.9 Å². The Morgan fingerprint density at radius 1 is 1.50 bits per heavy atom. The molecule has 18 heavy (non-hydrogen) atoms. The Labute approximate surface area is 102 Å². The van der Waals surface area contributed by atoms with Crippen molar-refractivity contribution in [2.24, 2.45) is 5.73 Å². The molecule has 2 aromatic rings. The van der Waals surface area contributed by atoms with Gasteiger partial charge in [0.25, 0.3) is 11.6 Å². The molecule has 1 amide bonds. The number of nitro groups is 1. The molecule has 0 saturated heterocycles. The van der Waals surface area contributed by atoms with Gasteiger partial charge in [-0.25, -0.2) is 4.98 Å². The third-order valence-electron chi connectivity index (χ3n) is 2.46. The van der Waals surface area contributed by atoms with Gasteiger partial charge in [-0.15, -0.1) is 0 Å². The van der Waals surface area contributed by atoms with E-state index in [0.717, 1.165) is 6.07 Å². The zero-order valence-corrected chi connectivity index (χ0v) is 9.80. The lowest BCUT2D eigenvalue weighted by molar-refractivity contribution is -0.384. The number of carbonyl (C=O) groups is 1. The fourth-order valence-corrected chi connectivity index (χ4v) is 1.59. The van der Waals surface area contributed by atoms with E-state index in [4.69, 9.17) is 5.73 Å². The molecule has 1 aromatic carbocycles. The monoisotopic (exact) mass is 249 g/mol. The number of imidazole rings is 1. The third-order valence-corrected chi connectivity index (χ3v) is 2.46. The molecule has 0 radical (unpaired) electrons. The van der Waals surface area contributed by atoms with Crippen LogP contribution in [0.1, 0.15) is 10.4 Å². The van der Waals surface area contributed by atoms with Gasteiger partial charge in [0.2, 0.25) is 5.95 Å². The second-order valence-electron chi connectivity index (χ2n) is 3.97. The molecular weight excluding hydrogens is 238 g/mol. The van der Waals surface area contributed by atoms with Crippen LogP contribution < -0.4 is 10.6 Å². The molecule has 0 spiro atoms. The molecule has 94 valence electrons. The van der Waals surface area contributed by atoms with Crippen LogP contribution in [0.5, 0.6) is 0 Å². The molecule has 0 aliphatic rings. The van der Waals surface area contributed by atoms with Gasteiger partial charge < -0.3 is 15.6 Å². The van der Waals surface area contributed by atoms with Crippen LogP contribution in [0.4, 0.5) is 11.6 Å². The molecule has 2 rings (SSSR count). The number of rotatable bonds is 3. The van der Waals surface area contributed by atoms with Crippen LogP contribution >= 0.6 is 0 Å². The van der Waals surface area contributed by atoms with Crippen LogP contribution in [-0.2, 0) is 0 Å². The number of benzene rings is 1. The first-order chi connectivity index (χ1) is 8.40. The fourth-order valence-electron chi connectivity index (χ4n) is 1.59. The first kappa shape index (κ1) is 11.8. The first-order valence-electron chi connectivity index (χ1n) is 5.05. The molecule has 1 aromatic heterocycles. The van der Waals surface area contributed by atoms with Gasteiger partial charge in [0.1, 0.15) is 5.52 Å². The lowest BCUT2D eigenvalue weighted by Crippen LogP contribution is -2.12. The van der Waals surface area contributed by atoms with Gasteiger partial charge in [-0.1, -0.05) is 0 Å². The van der Waals surface area contributed by atoms with Gasteiger partial charge in [0.15, 0.2) is 0 Å². The summed E-state index contributed by atoms with van der Waals surface area (Å²) in [5.41, 5.74) is 5.77. The van der Waals surface area contributed by atoms with E-state index in [2.05, 4.69) is 9.97 Å². The van der Waals surface area contributed by atoms with Gasteiger partial charge in [0.05, 0.1) is 16.0 Å². The number of nitrogens with two attached hydrogens (primary N) is 1. The van der Waals surface area contributed by atoms with Crippen molar-refractivity contribution in [3.8, 4) is 0 Å². The Hall–Kier alpha value is -2.64. The number of aromatic nitrogens is 2. The van der Waals surface area contributed by atoms with Gasteiger partial charge in [-0.05, 0) is 0 Å². The number of fused-ring (bicyclic) bond motifs is 1. The largest absolute Gasteiger partial charge is 0.366 e. The second-order valence-corrected chi connectivity index (χ2v) is 3.97. The molecular formula is C10H11N5O3. The van der Waals surface area contributed by atoms with E-state index in [1.54, 1.807) is 19.0 Å². The average Bonchev–Trinajstić information content (AvgIpc) is 2.70. The van der Waals surface area contributed by atoms with Crippen molar-refractivity contribution in [2.75, 3.05) is 19.0 Å². The predicted molar refractivity (Wildman–Crippen MR) is 65.6 cm³/mol. The third kappa shape index (κ3) is 1.83. The Morgan fingerprint density at radius 2 is 2.17 bits per heavy atom. The predicted octanol–water partition coefficient (Wildman–Crippen LogP) is 0.636. The van der Waals surface area contributed by atoms with Crippen molar-refractivity contribution in [1.29, 1.82) is 0 Å². The highest BCUT2D eigenvalue weighted by Crippen LogP contribution is 2.25. The van der Waals surface area contributed by atoms with E-state index in [-0.39, 0.29) is 11.3 Å². The van der Waals surface area contributed by atoms with E-state index < -0.39 is 10.8 Å². The molecule has 0 fully saturated rings. The van der Waals surface area contributed by atoms with Gasteiger partial charge in [-0.2, -0.15) is 0 Å². The van der Waals surface area contributed by atoms with E-state index in [9.17, 15) is 14.9 Å². The topological polar surface area (TPSA) is 118 Å². The molecule has 0 unspecified atom stereocenters. The maximum atomic E-state index is 11.3. The molecule has 0 aliphatic carbocycles. The summed E-state index contributed by atoms with van der Waals surface area (Å²) < 4.78 is 0. The number of H-pyrrole nitrogens is 1. The lowest BCUT2D eigenvalue weighted by atomic mass is 10.1. The average molecular weight is 249 g/mol. The first-order valence-corrected chi connectivity index (χ1v) is 5.05. The van der Waals surface area contributed by atoms with Crippen molar-refractivity contribution in [2.45, 2.75) is 0 Å². The molecule has 0 saturated carbocycles. The van der Waals surface area contributed by atoms with E-state index in [1.807, 2.05) is 0 Å². The molecule has 0 bridgehead atoms. The maximum absolute atomic E-state index is 11.3. The highest BCUT2D eigenvalue weighted by molar-refractivity contribution is 6.05. The number of non-ortho nitro benzene ring substituents is 1. The summed E-state index contributed by atoms with van der Waals surface area (Å²) in [6, 6.07) is 2.45. The van der Waals surface area contributed by atoms with Crippen molar-refractivity contribution in [3.05, 3.63) is 27.8 Å². The molecule has 3 N–H and O–H groups in total. The highest BCUT2D eigenvalue weighted by Gasteiger charge is 2.18. The Bertz CT molecular complexity index is 646. The Morgan fingerprint density at radius 3 is 2.67 bits per heavy atom. The number of nitrogens with one attached hydrogen (secondary N) is 1. The summed E-state index contributed by atoms with van der Waals surface area (Å²) in [7, 11) is 3.52. The van der Waals surface area contributed by atoms with Crippen molar-refractivity contribution < 1.29 is 9.72 Å². The van der Waals surface area contributed by atoms with E-state index in [0.29, 0.717) is 17.0 Å². The normalized spacial score (nSPS) is 10.6. The molecule has 1 heterocycles. The zero-order chi connectivity index (χ0) is 13.4. The number of nitro benzene ring substituents is 1. The Balaban J connectivity index is 2.77. The zero-order valence-electron chi connectivity index (χ0n) is 9.80. The Kier molecular flexibility index (Phi) is 2.62. The van der Waals surface area contributed by atoms with Crippen molar-refractivity contribution >= 4 is 28.6 Å². The lowest BCUT2D eigenvalue weighted by Gasteiger charge is -2.05. The number of hydrogen-bond donors (Lipinski definition) is 2. The van der Waals surface area contributed by atoms with E-state index >= 15 is 0 Å². The number of hydrogen-bond acceptors (Lipinski definition) is 5. The van der Waals surface area contributed by atoms with Crippen LogP contribution in [0.3, 0.4) is 0 Å². The number of nitrogens with zero attached hydrogens (tertiary/aromatic N) is 3. The molecule has 8 heteroatoms. The minimum Gasteiger partial charge on any atom is -0.366 e.